The second-order valence-electron chi connectivity index (χ2n) is 6.72. The van der Waals surface area contributed by atoms with Crippen LogP contribution in [0.2, 0.25) is 0 Å². The van der Waals surface area contributed by atoms with Crippen LogP contribution in [0.15, 0.2) is 82.6 Å². The molecule has 1 rings (SSSR count). The molecule has 0 aromatic heterocycles. The Morgan fingerprint density at radius 2 is 1.84 bits per heavy atom. The number of rotatable bonds is 10. The van der Waals surface area contributed by atoms with Crippen molar-refractivity contribution in [3.05, 3.63) is 72.3 Å². The Kier molecular flexibility index (Phi) is 18.0. The maximum Gasteiger partial charge on any atom is 0.311 e. The smallest absolute Gasteiger partial charge is 0.311 e. The number of hydrogen-bond donors (Lipinski definition) is 0. The van der Waals surface area contributed by atoms with E-state index >= 15 is 0 Å². The highest BCUT2D eigenvalue weighted by atomic mass is 16.6. The fourth-order valence-electron chi connectivity index (χ4n) is 1.80. The Bertz CT molecular complexity index is 792. The van der Waals surface area contributed by atoms with Crippen LogP contribution in [-0.4, -0.2) is 19.2 Å². The lowest BCUT2D eigenvalue weighted by Crippen LogP contribution is -2.26. The molecule has 0 aromatic carbocycles. The number of carbonyl (C=O) groups is 1. The van der Waals surface area contributed by atoms with Gasteiger partial charge < -0.3 is 9.47 Å². The van der Waals surface area contributed by atoms with E-state index in [2.05, 4.69) is 23.4 Å². The molecule has 32 heavy (non-hydrogen) atoms. The van der Waals surface area contributed by atoms with E-state index in [0.717, 1.165) is 12.1 Å². The minimum atomic E-state index is -0.481. The summed E-state index contributed by atoms with van der Waals surface area (Å²) in [6, 6.07) is 1.91. The minimum absolute atomic E-state index is 0.198. The molecule has 0 bridgehead atoms. The van der Waals surface area contributed by atoms with E-state index in [4.69, 9.17) is 14.7 Å². The molecule has 6 heteroatoms. The molecule has 0 saturated heterocycles. The number of nitriles is 1. The van der Waals surface area contributed by atoms with Gasteiger partial charge in [0.25, 0.3) is 0 Å². The first-order valence-corrected chi connectivity index (χ1v) is 11.0. The van der Waals surface area contributed by atoms with Crippen LogP contribution >= 0.6 is 0 Å². The SMILES string of the molecule is C=C(C#N)/C=C\C(=C)N=NC1=CC=C(OCCOC(=O)C(C)(C)CC)C=CC1.CC.CC. The second kappa shape index (κ2) is 18.6. The first kappa shape index (κ1) is 31.0. The highest BCUT2D eigenvalue weighted by Gasteiger charge is 2.26. The van der Waals surface area contributed by atoms with Gasteiger partial charge in [-0.15, -0.1) is 0 Å². The Morgan fingerprint density at radius 3 is 2.44 bits per heavy atom. The van der Waals surface area contributed by atoms with Crippen LogP contribution in [0, 0.1) is 16.7 Å². The summed E-state index contributed by atoms with van der Waals surface area (Å²) in [6.45, 7) is 21.4. The van der Waals surface area contributed by atoms with Crippen LogP contribution in [0.5, 0.6) is 0 Å². The fraction of sp³-hybridized carbons (Fsp3) is 0.462. The van der Waals surface area contributed by atoms with Gasteiger partial charge in [-0.05, 0) is 50.6 Å². The van der Waals surface area contributed by atoms with Crippen molar-refractivity contribution in [1.29, 1.82) is 5.26 Å². The molecule has 0 amide bonds. The van der Waals surface area contributed by atoms with Gasteiger partial charge >= 0.3 is 5.97 Å². The van der Waals surface area contributed by atoms with Gasteiger partial charge in [0.05, 0.1) is 22.9 Å². The highest BCUT2D eigenvalue weighted by molar-refractivity contribution is 5.75. The van der Waals surface area contributed by atoms with Crippen molar-refractivity contribution in [2.45, 2.75) is 61.3 Å². The lowest BCUT2D eigenvalue weighted by Gasteiger charge is -2.20. The Morgan fingerprint density at radius 1 is 1.19 bits per heavy atom. The van der Waals surface area contributed by atoms with Gasteiger partial charge in [-0.1, -0.05) is 53.9 Å². The zero-order valence-electron chi connectivity index (χ0n) is 20.8. The van der Waals surface area contributed by atoms with Gasteiger partial charge in [-0.2, -0.15) is 15.5 Å². The van der Waals surface area contributed by atoms with Crippen molar-refractivity contribution < 1.29 is 14.3 Å². The largest absolute Gasteiger partial charge is 0.490 e. The molecular formula is C26H39N3O3. The van der Waals surface area contributed by atoms with Crippen LogP contribution in [0.25, 0.3) is 0 Å². The predicted octanol–water partition coefficient (Wildman–Crippen LogP) is 7.36. The molecule has 0 aliphatic heterocycles. The van der Waals surface area contributed by atoms with E-state index in [1.807, 2.05) is 66.7 Å². The zero-order chi connectivity index (χ0) is 25.0. The third-order valence-electron chi connectivity index (χ3n) is 4.00. The van der Waals surface area contributed by atoms with E-state index < -0.39 is 5.41 Å². The summed E-state index contributed by atoms with van der Waals surface area (Å²) in [5.74, 6) is 0.430. The maximum absolute atomic E-state index is 11.9. The van der Waals surface area contributed by atoms with Crippen molar-refractivity contribution in [3.8, 4) is 6.07 Å². The number of allylic oxidation sites excluding steroid dienone is 7. The van der Waals surface area contributed by atoms with Gasteiger partial charge in [0.2, 0.25) is 0 Å². The highest BCUT2D eigenvalue weighted by Crippen LogP contribution is 2.21. The van der Waals surface area contributed by atoms with E-state index in [0.29, 0.717) is 23.5 Å². The number of hydrogen-bond acceptors (Lipinski definition) is 6. The number of ether oxygens (including phenoxy) is 2. The quantitative estimate of drug-likeness (QED) is 0.116. The van der Waals surface area contributed by atoms with Gasteiger partial charge in [-0.3, -0.25) is 4.79 Å². The van der Waals surface area contributed by atoms with Gasteiger partial charge in [0.15, 0.2) is 0 Å². The van der Waals surface area contributed by atoms with E-state index in [1.54, 1.807) is 18.2 Å². The topological polar surface area (TPSA) is 84.0 Å². The molecule has 6 nitrogen and oxygen atoms in total. The standard InChI is InChI=1S/C22H27N3O3.2C2H6/c1-6-22(4,5)21(26)28-15-14-27-20-9-7-8-19(12-13-20)25-24-18(3)11-10-17(2)16-23;2*1-2/h7,9-13H,2-3,6,8,14-15H2,1,4-5H3;2*1-2H3/b11-10-,25-24?;;. The molecule has 0 unspecified atom stereocenters. The lowest BCUT2D eigenvalue weighted by atomic mass is 9.91. The first-order valence-electron chi connectivity index (χ1n) is 11.0. The molecule has 0 aromatic rings. The van der Waals surface area contributed by atoms with Crippen LogP contribution in [-0.2, 0) is 14.3 Å². The average molecular weight is 442 g/mol. The summed E-state index contributed by atoms with van der Waals surface area (Å²) in [7, 11) is 0. The Hall–Kier alpha value is -3.20. The minimum Gasteiger partial charge on any atom is -0.490 e. The fourth-order valence-corrected chi connectivity index (χ4v) is 1.80. The Balaban J connectivity index is 0. The summed E-state index contributed by atoms with van der Waals surface area (Å²) in [5.41, 5.74) is 0.995. The first-order chi connectivity index (χ1) is 15.3. The summed E-state index contributed by atoms with van der Waals surface area (Å²) >= 11 is 0. The van der Waals surface area contributed by atoms with Gasteiger partial charge in [0.1, 0.15) is 19.0 Å². The molecule has 0 saturated carbocycles. The third-order valence-corrected chi connectivity index (χ3v) is 4.00. The molecule has 0 radical (unpaired) electrons. The number of carbonyl (C=O) groups excluding carboxylic acids is 1. The molecular weight excluding hydrogens is 402 g/mol. The van der Waals surface area contributed by atoms with Crippen LogP contribution in [0.3, 0.4) is 0 Å². The Labute approximate surface area is 194 Å². The number of nitrogens with zero attached hydrogens (tertiary/aromatic N) is 3. The number of esters is 1. The summed E-state index contributed by atoms with van der Waals surface area (Å²) in [4.78, 5) is 11.9. The van der Waals surface area contributed by atoms with Crippen molar-refractivity contribution >= 4 is 5.97 Å². The zero-order valence-corrected chi connectivity index (χ0v) is 20.8. The average Bonchev–Trinajstić information content (AvgIpc) is 3.06. The van der Waals surface area contributed by atoms with Crippen LogP contribution in [0.4, 0.5) is 0 Å². The van der Waals surface area contributed by atoms with Crippen LogP contribution < -0.4 is 0 Å². The van der Waals surface area contributed by atoms with E-state index in [9.17, 15) is 4.79 Å². The molecule has 0 heterocycles. The molecule has 1 aliphatic rings. The van der Waals surface area contributed by atoms with E-state index in [-0.39, 0.29) is 19.2 Å². The van der Waals surface area contributed by atoms with Gasteiger partial charge in [0, 0.05) is 12.0 Å². The second-order valence-corrected chi connectivity index (χ2v) is 6.72. The molecule has 0 spiro atoms. The van der Waals surface area contributed by atoms with Crippen molar-refractivity contribution in [3.63, 3.8) is 0 Å². The molecule has 1 aliphatic carbocycles. The van der Waals surface area contributed by atoms with E-state index in [1.165, 1.54) is 6.08 Å². The number of azo groups is 1. The molecule has 0 fully saturated rings. The molecule has 176 valence electrons. The molecule has 0 N–H and O–H groups in total. The van der Waals surface area contributed by atoms with Gasteiger partial charge in [-0.25, -0.2) is 0 Å². The summed E-state index contributed by atoms with van der Waals surface area (Å²) in [6.07, 6.45) is 11.7. The molecule has 0 atom stereocenters. The third kappa shape index (κ3) is 13.9. The van der Waals surface area contributed by atoms with Crippen molar-refractivity contribution in [2.24, 2.45) is 15.6 Å². The summed E-state index contributed by atoms with van der Waals surface area (Å²) < 4.78 is 10.9. The maximum atomic E-state index is 11.9. The van der Waals surface area contributed by atoms with Crippen molar-refractivity contribution in [1.82, 2.24) is 0 Å². The van der Waals surface area contributed by atoms with Crippen LogP contribution in [0.1, 0.15) is 61.3 Å². The predicted molar refractivity (Wildman–Crippen MR) is 131 cm³/mol. The monoisotopic (exact) mass is 441 g/mol. The van der Waals surface area contributed by atoms with Crippen molar-refractivity contribution in [2.75, 3.05) is 13.2 Å². The summed E-state index contributed by atoms with van der Waals surface area (Å²) in [5, 5.41) is 16.8. The lowest BCUT2D eigenvalue weighted by molar-refractivity contribution is -0.155. The normalized spacial score (nSPS) is 12.8.